The summed E-state index contributed by atoms with van der Waals surface area (Å²) in [6.45, 7) is 2.09. The Morgan fingerprint density at radius 3 is 2.54 bits per heavy atom. The van der Waals surface area contributed by atoms with E-state index in [1.165, 1.54) is 0 Å². The number of methoxy groups -OCH3 is 1. The van der Waals surface area contributed by atoms with Crippen LogP contribution in [0.2, 0.25) is 0 Å². The Labute approximate surface area is 147 Å². The highest BCUT2D eigenvalue weighted by Crippen LogP contribution is 2.32. The maximum atomic E-state index is 11.9. The van der Waals surface area contributed by atoms with Crippen molar-refractivity contribution >= 4 is 23.4 Å². The predicted octanol–water partition coefficient (Wildman–Crippen LogP) is 3.79. The minimum Gasteiger partial charge on any atom is -0.500 e. The second kappa shape index (κ2) is 8.69. The van der Waals surface area contributed by atoms with Crippen molar-refractivity contribution in [1.82, 2.24) is 0 Å². The van der Waals surface area contributed by atoms with Crippen LogP contribution in [0.15, 0.2) is 53.8 Å². The fourth-order valence-corrected chi connectivity index (χ4v) is 2.85. The van der Waals surface area contributed by atoms with Gasteiger partial charge in [0.25, 0.3) is 0 Å². The van der Waals surface area contributed by atoms with Gasteiger partial charge in [0, 0.05) is 12.3 Å². The standard InChI is InChI=1S/C19H21ClO4/c1-13-15(9-11-17(23-2)18(13)20)8-10-16(21)19(22)24-12-14-6-4-3-5-7-14/h3-7,9,11,13,18H,8,10,12H2,1-2H3. The molecule has 128 valence electrons. The molecule has 1 aromatic carbocycles. The zero-order valence-electron chi connectivity index (χ0n) is 13.8. The van der Waals surface area contributed by atoms with Crippen LogP contribution in [0.25, 0.3) is 0 Å². The molecule has 1 aromatic rings. The van der Waals surface area contributed by atoms with Crippen molar-refractivity contribution in [3.05, 3.63) is 59.4 Å². The summed E-state index contributed by atoms with van der Waals surface area (Å²) in [6, 6.07) is 9.26. The summed E-state index contributed by atoms with van der Waals surface area (Å²) in [6.07, 6.45) is 4.32. The van der Waals surface area contributed by atoms with E-state index < -0.39 is 11.8 Å². The first-order valence-corrected chi connectivity index (χ1v) is 8.29. The van der Waals surface area contributed by atoms with Crippen LogP contribution in [-0.4, -0.2) is 24.2 Å². The molecule has 0 fully saturated rings. The third-order valence-corrected chi connectivity index (χ3v) is 4.67. The quantitative estimate of drug-likeness (QED) is 0.427. The normalized spacial score (nSPS) is 20.0. The van der Waals surface area contributed by atoms with Crippen LogP contribution in [0.3, 0.4) is 0 Å². The van der Waals surface area contributed by atoms with E-state index in [2.05, 4.69) is 0 Å². The number of benzene rings is 1. The van der Waals surface area contributed by atoms with Crippen LogP contribution in [0.5, 0.6) is 0 Å². The summed E-state index contributed by atoms with van der Waals surface area (Å²) in [4.78, 5) is 23.7. The van der Waals surface area contributed by atoms with E-state index in [0.29, 0.717) is 12.2 Å². The molecule has 24 heavy (non-hydrogen) atoms. The molecule has 0 N–H and O–H groups in total. The van der Waals surface area contributed by atoms with E-state index in [1.807, 2.05) is 49.4 Å². The number of allylic oxidation sites excluding steroid dienone is 4. The van der Waals surface area contributed by atoms with Crippen LogP contribution in [-0.2, 0) is 25.7 Å². The average molecular weight is 349 g/mol. The molecule has 4 nitrogen and oxygen atoms in total. The van der Waals surface area contributed by atoms with E-state index in [0.717, 1.165) is 11.1 Å². The number of alkyl halides is 1. The van der Waals surface area contributed by atoms with Crippen molar-refractivity contribution in [2.24, 2.45) is 5.92 Å². The van der Waals surface area contributed by atoms with Crippen molar-refractivity contribution in [3.63, 3.8) is 0 Å². The van der Waals surface area contributed by atoms with Crippen molar-refractivity contribution in [1.29, 1.82) is 0 Å². The SMILES string of the molecule is COC1=CC=C(CCC(=O)C(=O)OCc2ccccc2)C(C)C1Cl. The number of halogens is 1. The number of ether oxygens (including phenoxy) is 2. The van der Waals surface area contributed by atoms with E-state index in [1.54, 1.807) is 7.11 Å². The predicted molar refractivity (Wildman–Crippen MR) is 92.5 cm³/mol. The van der Waals surface area contributed by atoms with Crippen molar-refractivity contribution in [2.75, 3.05) is 7.11 Å². The molecular weight excluding hydrogens is 328 g/mol. The van der Waals surface area contributed by atoms with E-state index in [4.69, 9.17) is 21.1 Å². The molecule has 1 aliphatic rings. The molecule has 0 saturated heterocycles. The van der Waals surface area contributed by atoms with Gasteiger partial charge in [-0.2, -0.15) is 0 Å². The molecule has 0 spiro atoms. The van der Waals surface area contributed by atoms with Gasteiger partial charge in [0.2, 0.25) is 5.78 Å². The highest BCUT2D eigenvalue weighted by molar-refractivity contribution is 6.33. The summed E-state index contributed by atoms with van der Waals surface area (Å²) in [5.74, 6) is -0.550. The number of Topliss-reactive ketones (excluding diaryl/α,β-unsaturated/α-hetero) is 1. The monoisotopic (exact) mass is 348 g/mol. The van der Waals surface area contributed by atoms with Crippen LogP contribution in [0, 0.1) is 5.92 Å². The third kappa shape index (κ3) is 4.71. The molecule has 0 heterocycles. The lowest BCUT2D eigenvalue weighted by atomic mass is 9.88. The maximum Gasteiger partial charge on any atom is 0.374 e. The van der Waals surface area contributed by atoms with Gasteiger partial charge in [-0.1, -0.05) is 48.9 Å². The molecule has 0 radical (unpaired) electrons. The number of carbonyl (C=O) groups is 2. The Hall–Kier alpha value is -2.07. The molecule has 0 aromatic heterocycles. The van der Waals surface area contributed by atoms with Gasteiger partial charge in [-0.3, -0.25) is 4.79 Å². The average Bonchev–Trinajstić information content (AvgIpc) is 2.61. The Bertz CT molecular complexity index is 649. The number of hydrogen-bond acceptors (Lipinski definition) is 4. The van der Waals surface area contributed by atoms with Crippen molar-refractivity contribution in [3.8, 4) is 0 Å². The molecule has 0 aliphatic heterocycles. The number of hydrogen-bond donors (Lipinski definition) is 0. The fraction of sp³-hybridized carbons (Fsp3) is 0.368. The Morgan fingerprint density at radius 1 is 1.17 bits per heavy atom. The number of esters is 1. The second-order valence-corrected chi connectivity index (χ2v) is 6.16. The van der Waals surface area contributed by atoms with Gasteiger partial charge in [-0.25, -0.2) is 4.79 Å². The zero-order valence-corrected chi connectivity index (χ0v) is 14.6. The smallest absolute Gasteiger partial charge is 0.374 e. The molecule has 0 amide bonds. The fourth-order valence-electron chi connectivity index (χ4n) is 2.52. The highest BCUT2D eigenvalue weighted by Gasteiger charge is 2.27. The summed E-state index contributed by atoms with van der Waals surface area (Å²) in [7, 11) is 1.58. The maximum absolute atomic E-state index is 11.9. The minimum atomic E-state index is -0.793. The molecular formula is C19H21ClO4. The second-order valence-electron chi connectivity index (χ2n) is 5.69. The van der Waals surface area contributed by atoms with Gasteiger partial charge in [0.15, 0.2) is 0 Å². The lowest BCUT2D eigenvalue weighted by molar-refractivity contribution is -0.154. The first-order valence-electron chi connectivity index (χ1n) is 7.85. The number of carbonyl (C=O) groups excluding carboxylic acids is 2. The van der Waals surface area contributed by atoms with Crippen LogP contribution < -0.4 is 0 Å². The van der Waals surface area contributed by atoms with Crippen LogP contribution in [0.1, 0.15) is 25.3 Å². The Balaban J connectivity index is 1.83. The van der Waals surface area contributed by atoms with Crippen molar-refractivity contribution in [2.45, 2.75) is 31.7 Å². The van der Waals surface area contributed by atoms with E-state index in [9.17, 15) is 9.59 Å². The number of ketones is 1. The van der Waals surface area contributed by atoms with Crippen LogP contribution in [0.4, 0.5) is 0 Å². The zero-order chi connectivity index (χ0) is 17.5. The van der Waals surface area contributed by atoms with Gasteiger partial charge in [0.1, 0.15) is 12.4 Å². The first kappa shape index (κ1) is 18.3. The molecule has 5 heteroatoms. The Morgan fingerprint density at radius 2 is 1.88 bits per heavy atom. The molecule has 2 atom stereocenters. The molecule has 2 rings (SSSR count). The summed E-state index contributed by atoms with van der Waals surface area (Å²) >= 11 is 6.31. The largest absolute Gasteiger partial charge is 0.500 e. The third-order valence-electron chi connectivity index (χ3n) is 4.07. The van der Waals surface area contributed by atoms with Gasteiger partial charge in [-0.05, 0) is 18.1 Å². The van der Waals surface area contributed by atoms with E-state index in [-0.39, 0.29) is 24.3 Å². The Kier molecular flexibility index (Phi) is 6.62. The lowest BCUT2D eigenvalue weighted by Crippen LogP contribution is -2.22. The first-order chi connectivity index (χ1) is 11.5. The lowest BCUT2D eigenvalue weighted by Gasteiger charge is -2.26. The van der Waals surface area contributed by atoms with Gasteiger partial charge >= 0.3 is 5.97 Å². The molecule has 0 bridgehead atoms. The highest BCUT2D eigenvalue weighted by atomic mass is 35.5. The topological polar surface area (TPSA) is 52.6 Å². The summed E-state index contributed by atoms with van der Waals surface area (Å²) in [5, 5.41) is -0.255. The van der Waals surface area contributed by atoms with Gasteiger partial charge < -0.3 is 9.47 Å². The van der Waals surface area contributed by atoms with Crippen molar-refractivity contribution < 1.29 is 19.1 Å². The number of rotatable bonds is 7. The van der Waals surface area contributed by atoms with Crippen LogP contribution >= 0.6 is 11.6 Å². The molecule has 1 aliphatic carbocycles. The summed E-state index contributed by atoms with van der Waals surface area (Å²) in [5.41, 5.74) is 1.88. The molecule has 0 saturated carbocycles. The van der Waals surface area contributed by atoms with Gasteiger partial charge in [0.05, 0.1) is 12.5 Å². The van der Waals surface area contributed by atoms with Gasteiger partial charge in [-0.15, -0.1) is 11.6 Å². The summed E-state index contributed by atoms with van der Waals surface area (Å²) < 4.78 is 10.2. The minimum absolute atomic E-state index is 0.0553. The van der Waals surface area contributed by atoms with E-state index >= 15 is 0 Å². The molecule has 2 unspecified atom stereocenters.